The molecule has 0 unspecified atom stereocenters. The first kappa shape index (κ1) is 17.7. The second-order valence-electron chi connectivity index (χ2n) is 6.65. The van der Waals surface area contributed by atoms with Crippen molar-refractivity contribution in [2.45, 2.75) is 25.1 Å². The van der Waals surface area contributed by atoms with Gasteiger partial charge in [-0.05, 0) is 43.2 Å². The van der Waals surface area contributed by atoms with Crippen LogP contribution >= 0.6 is 0 Å². The summed E-state index contributed by atoms with van der Waals surface area (Å²) in [7, 11) is 0. The molecule has 1 aliphatic heterocycles. The molecule has 3 aromatic heterocycles. The van der Waals surface area contributed by atoms with Crippen molar-refractivity contribution in [3.8, 4) is 11.3 Å². The molecule has 8 heteroatoms. The summed E-state index contributed by atoms with van der Waals surface area (Å²) < 4.78 is 38.1. The lowest BCUT2D eigenvalue weighted by Gasteiger charge is -2.32. The highest BCUT2D eigenvalue weighted by atomic mass is 19.4. The number of piperidine rings is 1. The van der Waals surface area contributed by atoms with Gasteiger partial charge in [-0.25, -0.2) is 4.98 Å². The third-order valence-electron chi connectivity index (χ3n) is 4.79. The molecule has 0 amide bonds. The van der Waals surface area contributed by atoms with Gasteiger partial charge in [-0.15, -0.1) is 0 Å². The van der Waals surface area contributed by atoms with Gasteiger partial charge >= 0.3 is 6.18 Å². The van der Waals surface area contributed by atoms with Crippen molar-refractivity contribution in [1.29, 1.82) is 0 Å². The van der Waals surface area contributed by atoms with E-state index < -0.39 is 11.9 Å². The molecule has 0 spiro atoms. The van der Waals surface area contributed by atoms with E-state index in [-0.39, 0.29) is 6.04 Å². The van der Waals surface area contributed by atoms with Crippen molar-refractivity contribution in [3.63, 3.8) is 0 Å². The van der Waals surface area contributed by atoms with Crippen LogP contribution in [0.3, 0.4) is 0 Å². The summed E-state index contributed by atoms with van der Waals surface area (Å²) in [6.45, 7) is 1.68. The normalized spacial score (nSPS) is 16.1. The lowest BCUT2D eigenvalue weighted by Crippen LogP contribution is -2.39. The largest absolute Gasteiger partial charge is 0.433 e. The maximum atomic E-state index is 12.7. The number of hydrogen-bond acceptors (Lipinski definition) is 5. The van der Waals surface area contributed by atoms with Gasteiger partial charge in [0.2, 0.25) is 0 Å². The molecule has 0 aliphatic carbocycles. The lowest BCUT2D eigenvalue weighted by atomic mass is 10.1. The Hall–Kier alpha value is -2.74. The number of pyridine rings is 3. The molecule has 3 aromatic rings. The Morgan fingerprint density at radius 1 is 1.00 bits per heavy atom. The van der Waals surface area contributed by atoms with Crippen molar-refractivity contribution in [2.24, 2.45) is 5.73 Å². The van der Waals surface area contributed by atoms with Crippen molar-refractivity contribution in [1.82, 2.24) is 15.0 Å². The number of fused-ring (bicyclic) bond motifs is 1. The minimum absolute atomic E-state index is 0.219. The van der Waals surface area contributed by atoms with E-state index in [0.717, 1.165) is 48.7 Å². The highest BCUT2D eigenvalue weighted by Crippen LogP contribution is 2.31. The molecule has 1 saturated heterocycles. The van der Waals surface area contributed by atoms with Crippen molar-refractivity contribution < 1.29 is 13.2 Å². The predicted molar refractivity (Wildman–Crippen MR) is 97.2 cm³/mol. The molecular weight excluding hydrogens is 355 g/mol. The molecule has 1 fully saturated rings. The van der Waals surface area contributed by atoms with Crippen LogP contribution in [0.25, 0.3) is 22.3 Å². The SMILES string of the molecule is NC1CCN(c2ccnc3ccc(-c4ccc(C(F)(F)F)nc4)nc23)CC1. The van der Waals surface area contributed by atoms with E-state index in [2.05, 4.69) is 19.9 Å². The second-order valence-corrected chi connectivity index (χ2v) is 6.65. The number of aromatic nitrogens is 3. The summed E-state index contributed by atoms with van der Waals surface area (Å²) in [5.41, 5.74) is 8.60. The van der Waals surface area contributed by atoms with Gasteiger partial charge in [0, 0.05) is 37.1 Å². The molecular formula is C19H18F3N5. The topological polar surface area (TPSA) is 67.9 Å². The molecule has 0 bridgehead atoms. The van der Waals surface area contributed by atoms with Crippen molar-refractivity contribution in [2.75, 3.05) is 18.0 Å². The van der Waals surface area contributed by atoms with Crippen molar-refractivity contribution >= 4 is 16.7 Å². The van der Waals surface area contributed by atoms with E-state index in [4.69, 9.17) is 5.73 Å². The lowest BCUT2D eigenvalue weighted by molar-refractivity contribution is -0.141. The van der Waals surface area contributed by atoms with Gasteiger partial charge in [-0.3, -0.25) is 9.97 Å². The van der Waals surface area contributed by atoms with E-state index in [0.29, 0.717) is 11.3 Å². The Balaban J connectivity index is 1.72. The predicted octanol–water partition coefficient (Wildman–Crippen LogP) is 3.64. The molecule has 140 valence electrons. The molecule has 5 nitrogen and oxygen atoms in total. The Morgan fingerprint density at radius 3 is 2.44 bits per heavy atom. The molecule has 1 aliphatic rings. The first-order valence-corrected chi connectivity index (χ1v) is 8.72. The van der Waals surface area contributed by atoms with Gasteiger partial charge in [-0.1, -0.05) is 0 Å². The minimum Gasteiger partial charge on any atom is -0.370 e. The number of halogens is 3. The molecule has 0 saturated carbocycles. The zero-order chi connectivity index (χ0) is 19.0. The maximum Gasteiger partial charge on any atom is 0.433 e. The summed E-state index contributed by atoms with van der Waals surface area (Å²) >= 11 is 0. The Kier molecular flexibility index (Phi) is 4.43. The van der Waals surface area contributed by atoms with Crippen LogP contribution in [-0.4, -0.2) is 34.1 Å². The number of anilines is 1. The Morgan fingerprint density at radius 2 is 1.78 bits per heavy atom. The zero-order valence-corrected chi connectivity index (χ0v) is 14.4. The van der Waals surface area contributed by atoms with Crippen LogP contribution in [0.15, 0.2) is 42.7 Å². The van der Waals surface area contributed by atoms with Gasteiger partial charge < -0.3 is 10.6 Å². The van der Waals surface area contributed by atoms with Crippen LogP contribution in [0.5, 0.6) is 0 Å². The molecule has 0 aromatic carbocycles. The minimum atomic E-state index is -4.46. The highest BCUT2D eigenvalue weighted by molar-refractivity contribution is 5.89. The van der Waals surface area contributed by atoms with Crippen LogP contribution in [0.2, 0.25) is 0 Å². The fourth-order valence-corrected chi connectivity index (χ4v) is 3.28. The summed E-state index contributed by atoms with van der Waals surface area (Å²) in [5.74, 6) is 0. The Bertz CT molecular complexity index is 948. The number of rotatable bonds is 2. The van der Waals surface area contributed by atoms with Gasteiger partial charge in [0.05, 0.1) is 16.9 Å². The quantitative estimate of drug-likeness (QED) is 0.743. The number of hydrogen-bond donors (Lipinski definition) is 1. The summed E-state index contributed by atoms with van der Waals surface area (Å²) in [6, 6.07) is 8.07. The van der Waals surface area contributed by atoms with Gasteiger partial charge in [0.15, 0.2) is 0 Å². The average molecular weight is 373 g/mol. The van der Waals surface area contributed by atoms with E-state index in [1.54, 1.807) is 12.3 Å². The van der Waals surface area contributed by atoms with Gasteiger partial charge in [-0.2, -0.15) is 13.2 Å². The van der Waals surface area contributed by atoms with Crippen LogP contribution in [-0.2, 0) is 6.18 Å². The zero-order valence-electron chi connectivity index (χ0n) is 14.4. The van der Waals surface area contributed by atoms with Crippen molar-refractivity contribution in [3.05, 3.63) is 48.4 Å². The number of nitrogens with two attached hydrogens (primary N) is 1. The van der Waals surface area contributed by atoms with E-state index in [1.165, 1.54) is 12.3 Å². The summed E-state index contributed by atoms with van der Waals surface area (Å²) in [5, 5.41) is 0. The van der Waals surface area contributed by atoms with Crippen LogP contribution < -0.4 is 10.6 Å². The van der Waals surface area contributed by atoms with Gasteiger partial charge in [0.1, 0.15) is 11.2 Å². The molecule has 4 rings (SSSR count). The van der Waals surface area contributed by atoms with Crippen LogP contribution in [0, 0.1) is 0 Å². The molecule has 0 radical (unpaired) electrons. The maximum absolute atomic E-state index is 12.7. The highest BCUT2D eigenvalue weighted by Gasteiger charge is 2.32. The number of alkyl halides is 3. The summed E-state index contributed by atoms with van der Waals surface area (Å²) in [6.07, 6.45) is 0.306. The summed E-state index contributed by atoms with van der Waals surface area (Å²) in [4.78, 5) is 14.8. The van der Waals surface area contributed by atoms with E-state index >= 15 is 0 Å². The standard InChI is InChI=1S/C19H18F3N5/c20-19(21,22)17-4-1-12(11-25-17)14-2-3-15-18(26-14)16(5-8-24-15)27-9-6-13(23)7-10-27/h1-5,8,11,13H,6-7,9-10,23H2. The fraction of sp³-hybridized carbons (Fsp3) is 0.316. The molecule has 4 heterocycles. The average Bonchev–Trinajstić information content (AvgIpc) is 2.67. The second kappa shape index (κ2) is 6.77. The first-order valence-electron chi connectivity index (χ1n) is 8.72. The monoisotopic (exact) mass is 373 g/mol. The van der Waals surface area contributed by atoms with Gasteiger partial charge in [0.25, 0.3) is 0 Å². The van der Waals surface area contributed by atoms with Crippen LogP contribution in [0.1, 0.15) is 18.5 Å². The Labute approximate surface area is 154 Å². The molecule has 0 atom stereocenters. The molecule has 2 N–H and O–H groups in total. The fourth-order valence-electron chi connectivity index (χ4n) is 3.28. The third kappa shape index (κ3) is 3.57. The first-order chi connectivity index (χ1) is 12.9. The smallest absolute Gasteiger partial charge is 0.370 e. The third-order valence-corrected chi connectivity index (χ3v) is 4.79. The van der Waals surface area contributed by atoms with E-state index in [1.807, 2.05) is 12.1 Å². The van der Waals surface area contributed by atoms with Crippen LogP contribution in [0.4, 0.5) is 18.9 Å². The number of nitrogens with zero attached hydrogens (tertiary/aromatic N) is 4. The van der Waals surface area contributed by atoms with E-state index in [9.17, 15) is 13.2 Å². The molecule has 27 heavy (non-hydrogen) atoms.